The van der Waals surface area contributed by atoms with Gasteiger partial charge >= 0.3 is 0 Å². The molecule has 11 heavy (non-hydrogen) atoms. The molecule has 2 rings (SSSR count). The van der Waals surface area contributed by atoms with Crippen LogP contribution in [0.1, 0.15) is 0 Å². The zero-order valence-electron chi connectivity index (χ0n) is 5.41. The summed E-state index contributed by atoms with van der Waals surface area (Å²) in [5.41, 5.74) is 0.590. The van der Waals surface area contributed by atoms with Gasteiger partial charge in [0.15, 0.2) is 0 Å². The van der Waals surface area contributed by atoms with Gasteiger partial charge in [-0.3, -0.25) is 9.89 Å². The Morgan fingerprint density at radius 3 is 3.09 bits per heavy atom. The van der Waals surface area contributed by atoms with E-state index in [1.807, 2.05) is 0 Å². The average Bonchev–Trinajstić information content (AvgIpc) is 2.34. The lowest BCUT2D eigenvalue weighted by molar-refractivity contribution is 1.03. The van der Waals surface area contributed by atoms with Gasteiger partial charge < -0.3 is 0 Å². The van der Waals surface area contributed by atoms with Gasteiger partial charge in [-0.25, -0.2) is 4.40 Å². The van der Waals surface area contributed by atoms with E-state index in [1.54, 1.807) is 12.1 Å². The maximum absolute atomic E-state index is 11.1. The summed E-state index contributed by atoms with van der Waals surface area (Å²) in [6.45, 7) is 0. The summed E-state index contributed by atoms with van der Waals surface area (Å²) in [6.07, 6.45) is 0. The summed E-state index contributed by atoms with van der Waals surface area (Å²) < 4.78 is 1.94. The predicted molar refractivity (Wildman–Crippen MR) is 43.5 cm³/mol. The van der Waals surface area contributed by atoms with Crippen LogP contribution in [0.2, 0.25) is 0 Å². The van der Waals surface area contributed by atoms with E-state index < -0.39 is 0 Å². The van der Waals surface area contributed by atoms with E-state index in [9.17, 15) is 4.79 Å². The van der Waals surface area contributed by atoms with E-state index in [1.165, 1.54) is 10.5 Å². The Labute approximate surface area is 70.0 Å². The summed E-state index contributed by atoms with van der Waals surface area (Å²) in [5, 5.41) is 6.51. The molecule has 0 saturated heterocycles. The Hall–Kier alpha value is -1.10. The lowest BCUT2D eigenvalue weighted by atomic mass is 10.5. The maximum Gasteiger partial charge on any atom is 0.258 e. The van der Waals surface area contributed by atoms with Crippen LogP contribution in [0.5, 0.6) is 0 Å². The molecule has 56 valence electrons. The first-order valence-electron chi connectivity index (χ1n) is 3.01. The smallest absolute Gasteiger partial charge is 0.258 e. The number of nitrogens with zero attached hydrogens (tertiary/aromatic N) is 2. The van der Waals surface area contributed by atoms with Crippen LogP contribution in [0.15, 0.2) is 27.7 Å². The molecule has 0 aromatic carbocycles. The molecule has 2 aromatic heterocycles. The van der Waals surface area contributed by atoms with Crippen LogP contribution in [0.25, 0.3) is 5.65 Å². The Balaban J connectivity index is 3.08. The first-order valence-corrected chi connectivity index (χ1v) is 3.80. The van der Waals surface area contributed by atoms with Crippen molar-refractivity contribution >= 4 is 21.6 Å². The summed E-state index contributed by atoms with van der Waals surface area (Å²) >= 11 is 3.14. The number of rotatable bonds is 0. The van der Waals surface area contributed by atoms with E-state index in [0.717, 1.165) is 0 Å². The van der Waals surface area contributed by atoms with Crippen molar-refractivity contribution in [3.05, 3.63) is 33.3 Å². The normalized spacial score (nSPS) is 10.6. The highest BCUT2D eigenvalue weighted by Gasteiger charge is 2.00. The predicted octanol–water partition coefficient (Wildman–Crippen LogP) is 0.785. The minimum atomic E-state index is -0.0943. The molecule has 0 bridgehead atoms. The minimum absolute atomic E-state index is 0.0943. The van der Waals surface area contributed by atoms with Gasteiger partial charge in [0.25, 0.3) is 5.56 Å². The molecule has 2 aromatic rings. The van der Waals surface area contributed by atoms with Gasteiger partial charge in [-0.1, -0.05) is 6.07 Å². The Morgan fingerprint density at radius 2 is 2.36 bits per heavy atom. The fraction of sp³-hybridized carbons (Fsp3) is 0. The van der Waals surface area contributed by atoms with Gasteiger partial charge in [-0.05, 0) is 22.0 Å². The highest BCUT2D eigenvalue weighted by atomic mass is 79.9. The van der Waals surface area contributed by atoms with Crippen molar-refractivity contribution in [3.63, 3.8) is 0 Å². The van der Waals surface area contributed by atoms with Gasteiger partial charge in [0.1, 0.15) is 5.65 Å². The molecule has 5 heteroatoms. The summed E-state index contributed by atoms with van der Waals surface area (Å²) in [6, 6.07) is 4.94. The van der Waals surface area contributed by atoms with Crippen molar-refractivity contribution in [2.45, 2.75) is 0 Å². The van der Waals surface area contributed by atoms with Crippen LogP contribution >= 0.6 is 15.9 Å². The van der Waals surface area contributed by atoms with Crippen molar-refractivity contribution in [2.24, 2.45) is 0 Å². The van der Waals surface area contributed by atoms with Crippen LogP contribution in [0.3, 0.4) is 0 Å². The first kappa shape index (κ1) is 6.60. The van der Waals surface area contributed by atoms with Crippen molar-refractivity contribution in [1.29, 1.82) is 0 Å². The number of halogens is 1. The molecular formula is C6H4BrN3O. The third kappa shape index (κ3) is 0.883. The van der Waals surface area contributed by atoms with Crippen LogP contribution < -0.4 is 5.56 Å². The molecule has 4 nitrogen and oxygen atoms in total. The third-order valence-corrected chi connectivity index (χ3v) is 1.93. The molecule has 0 radical (unpaired) electrons. The van der Waals surface area contributed by atoms with Crippen molar-refractivity contribution in [1.82, 2.24) is 14.6 Å². The van der Waals surface area contributed by atoms with E-state index in [-0.39, 0.29) is 5.56 Å². The van der Waals surface area contributed by atoms with Crippen LogP contribution in [0.4, 0.5) is 0 Å². The van der Waals surface area contributed by atoms with Crippen molar-refractivity contribution < 1.29 is 0 Å². The van der Waals surface area contributed by atoms with E-state index in [4.69, 9.17) is 0 Å². The molecule has 1 N–H and O–H groups in total. The van der Waals surface area contributed by atoms with E-state index in [0.29, 0.717) is 10.4 Å². The summed E-state index contributed by atoms with van der Waals surface area (Å²) in [7, 11) is 0. The number of hydrogen-bond acceptors (Lipinski definition) is 2. The maximum atomic E-state index is 11.1. The number of hydrogen-bond donors (Lipinski definition) is 1. The molecule has 2 heterocycles. The number of pyridine rings is 1. The van der Waals surface area contributed by atoms with Crippen LogP contribution in [0, 0.1) is 0 Å². The lowest BCUT2D eigenvalue weighted by Crippen LogP contribution is -2.09. The zero-order chi connectivity index (χ0) is 7.84. The molecule has 0 amide bonds. The highest BCUT2D eigenvalue weighted by Crippen LogP contribution is 2.04. The van der Waals surface area contributed by atoms with E-state index in [2.05, 4.69) is 26.1 Å². The second kappa shape index (κ2) is 2.20. The van der Waals surface area contributed by atoms with Gasteiger partial charge in [0.2, 0.25) is 4.73 Å². The topological polar surface area (TPSA) is 50.2 Å². The Morgan fingerprint density at radius 1 is 1.55 bits per heavy atom. The largest absolute Gasteiger partial charge is 0.269 e. The van der Waals surface area contributed by atoms with Gasteiger partial charge in [0.05, 0.1) is 0 Å². The highest BCUT2D eigenvalue weighted by molar-refractivity contribution is 9.10. The zero-order valence-corrected chi connectivity index (χ0v) is 7.00. The fourth-order valence-electron chi connectivity index (χ4n) is 0.920. The third-order valence-electron chi connectivity index (χ3n) is 1.40. The fourth-order valence-corrected chi connectivity index (χ4v) is 1.37. The Bertz CT molecular complexity index is 444. The van der Waals surface area contributed by atoms with E-state index >= 15 is 0 Å². The summed E-state index contributed by atoms with van der Waals surface area (Å²) in [4.78, 5) is 11.1. The quantitative estimate of drug-likeness (QED) is 0.704. The lowest BCUT2D eigenvalue weighted by Gasteiger charge is -1.88. The second-order valence-electron chi connectivity index (χ2n) is 2.08. The molecular weight excluding hydrogens is 210 g/mol. The second-order valence-corrected chi connectivity index (χ2v) is 2.79. The van der Waals surface area contributed by atoms with Crippen molar-refractivity contribution in [2.75, 3.05) is 0 Å². The number of aromatic amines is 1. The van der Waals surface area contributed by atoms with Crippen LogP contribution in [-0.4, -0.2) is 14.6 Å². The molecule has 0 spiro atoms. The minimum Gasteiger partial charge on any atom is -0.269 e. The molecule has 0 atom stereocenters. The average molecular weight is 214 g/mol. The summed E-state index contributed by atoms with van der Waals surface area (Å²) in [5.74, 6) is 0. The number of nitrogens with one attached hydrogen (secondary N) is 1. The molecule has 0 fully saturated rings. The molecule has 0 saturated carbocycles. The molecule has 0 aliphatic heterocycles. The molecule has 0 aliphatic rings. The van der Waals surface area contributed by atoms with Crippen molar-refractivity contribution in [3.8, 4) is 0 Å². The molecule has 0 unspecified atom stereocenters. The van der Waals surface area contributed by atoms with Crippen LogP contribution in [-0.2, 0) is 0 Å². The Kier molecular flexibility index (Phi) is 1.32. The molecule has 0 aliphatic carbocycles. The van der Waals surface area contributed by atoms with Gasteiger partial charge in [-0.15, -0.1) is 5.10 Å². The monoisotopic (exact) mass is 213 g/mol. The number of H-pyrrole nitrogens is 1. The van der Waals surface area contributed by atoms with Gasteiger partial charge in [0, 0.05) is 6.07 Å². The number of fused-ring (bicyclic) bond motifs is 1. The first-order chi connectivity index (χ1) is 5.29. The van der Waals surface area contributed by atoms with Gasteiger partial charge in [-0.2, -0.15) is 0 Å². The standard InChI is InChI=1S/C6H4BrN3O/c7-6-9-8-4-2-1-3-5(11)10(4)6/h1-3,8H. The number of aromatic nitrogens is 3. The SMILES string of the molecule is O=c1cccc2[nH]nc(Br)n12.